The smallest absolute Gasteiger partial charge is 0.257 e. The summed E-state index contributed by atoms with van der Waals surface area (Å²) in [6, 6.07) is 13.1. The first kappa shape index (κ1) is 14.9. The van der Waals surface area contributed by atoms with Gasteiger partial charge in [0.1, 0.15) is 6.61 Å². The largest absolute Gasteiger partial charge is 0.473 e. The Morgan fingerprint density at radius 3 is 2.68 bits per heavy atom. The molecule has 3 rings (SSSR count). The summed E-state index contributed by atoms with van der Waals surface area (Å²) in [4.78, 5) is 4.15. The van der Waals surface area contributed by atoms with Crippen molar-refractivity contribution in [2.24, 2.45) is 0 Å². The van der Waals surface area contributed by atoms with E-state index in [0.29, 0.717) is 24.6 Å². The molecule has 1 unspecified atom stereocenters. The second kappa shape index (κ2) is 6.40. The molecule has 5 heteroatoms. The average molecular weight is 304 g/mol. The Morgan fingerprint density at radius 2 is 2.00 bits per heavy atom. The number of pyridine rings is 1. The lowest BCUT2D eigenvalue weighted by Crippen LogP contribution is -2.42. The SMILES string of the molecule is FC1(F)CCNCC1c1ccc(OCc2ccccc2)nc1. The lowest BCUT2D eigenvalue weighted by molar-refractivity contribution is -0.0480. The number of hydrogen-bond acceptors (Lipinski definition) is 3. The van der Waals surface area contributed by atoms with Gasteiger partial charge in [-0.1, -0.05) is 36.4 Å². The molecule has 0 aliphatic carbocycles. The molecule has 116 valence electrons. The maximum absolute atomic E-state index is 13.9. The summed E-state index contributed by atoms with van der Waals surface area (Å²) in [6.07, 6.45) is 1.36. The third kappa shape index (κ3) is 3.42. The van der Waals surface area contributed by atoms with E-state index >= 15 is 0 Å². The van der Waals surface area contributed by atoms with Gasteiger partial charge in [0.15, 0.2) is 0 Å². The third-order valence-electron chi connectivity index (χ3n) is 3.88. The van der Waals surface area contributed by atoms with Gasteiger partial charge in [-0.15, -0.1) is 0 Å². The number of rotatable bonds is 4. The van der Waals surface area contributed by atoms with Crippen LogP contribution in [-0.2, 0) is 6.61 Å². The summed E-state index contributed by atoms with van der Waals surface area (Å²) in [5.41, 5.74) is 1.58. The van der Waals surface area contributed by atoms with Gasteiger partial charge in [0.05, 0.1) is 5.92 Å². The quantitative estimate of drug-likeness (QED) is 0.940. The normalized spacial score (nSPS) is 20.5. The van der Waals surface area contributed by atoms with Gasteiger partial charge in [-0.2, -0.15) is 0 Å². The number of ether oxygens (including phenoxy) is 1. The van der Waals surface area contributed by atoms with E-state index in [1.807, 2.05) is 30.3 Å². The molecular formula is C17H18F2N2O. The molecule has 1 aromatic heterocycles. The van der Waals surface area contributed by atoms with Crippen LogP contribution in [-0.4, -0.2) is 24.0 Å². The summed E-state index contributed by atoms with van der Waals surface area (Å²) in [6.45, 7) is 1.04. The van der Waals surface area contributed by atoms with Crippen molar-refractivity contribution in [2.45, 2.75) is 24.9 Å². The van der Waals surface area contributed by atoms with E-state index in [4.69, 9.17) is 4.74 Å². The molecule has 0 radical (unpaired) electrons. The summed E-state index contributed by atoms with van der Waals surface area (Å²) < 4.78 is 33.4. The van der Waals surface area contributed by atoms with E-state index in [1.165, 1.54) is 6.20 Å². The number of benzene rings is 1. The summed E-state index contributed by atoms with van der Waals surface area (Å²) in [5, 5.41) is 3.01. The highest BCUT2D eigenvalue weighted by Gasteiger charge is 2.42. The van der Waals surface area contributed by atoms with Gasteiger partial charge >= 0.3 is 0 Å². The Kier molecular flexibility index (Phi) is 4.34. The van der Waals surface area contributed by atoms with Crippen molar-refractivity contribution < 1.29 is 13.5 Å². The van der Waals surface area contributed by atoms with Crippen molar-refractivity contribution in [3.8, 4) is 5.88 Å². The van der Waals surface area contributed by atoms with Crippen LogP contribution in [0.1, 0.15) is 23.5 Å². The number of halogens is 2. The van der Waals surface area contributed by atoms with Gasteiger partial charge in [0.25, 0.3) is 5.92 Å². The Labute approximate surface area is 128 Å². The fourth-order valence-corrected chi connectivity index (χ4v) is 2.60. The highest BCUT2D eigenvalue weighted by atomic mass is 19.3. The number of piperidine rings is 1. The van der Waals surface area contributed by atoms with Crippen molar-refractivity contribution in [3.05, 3.63) is 59.8 Å². The molecule has 1 aliphatic rings. The molecule has 2 aromatic rings. The van der Waals surface area contributed by atoms with Crippen molar-refractivity contribution in [1.29, 1.82) is 0 Å². The average Bonchev–Trinajstić information content (AvgIpc) is 2.54. The van der Waals surface area contributed by atoms with E-state index < -0.39 is 11.8 Å². The van der Waals surface area contributed by atoms with Gasteiger partial charge in [-0.25, -0.2) is 13.8 Å². The number of alkyl halides is 2. The van der Waals surface area contributed by atoms with E-state index in [0.717, 1.165) is 5.56 Å². The third-order valence-corrected chi connectivity index (χ3v) is 3.88. The van der Waals surface area contributed by atoms with Crippen LogP contribution < -0.4 is 10.1 Å². The maximum atomic E-state index is 13.9. The Morgan fingerprint density at radius 1 is 1.18 bits per heavy atom. The zero-order valence-electron chi connectivity index (χ0n) is 12.1. The first-order valence-corrected chi connectivity index (χ1v) is 7.36. The number of aromatic nitrogens is 1. The highest BCUT2D eigenvalue weighted by molar-refractivity contribution is 5.25. The molecule has 0 amide bonds. The second-order valence-corrected chi connectivity index (χ2v) is 5.47. The van der Waals surface area contributed by atoms with E-state index in [9.17, 15) is 8.78 Å². The summed E-state index contributed by atoms with van der Waals surface area (Å²) in [5.74, 6) is -3.06. The molecule has 3 nitrogen and oxygen atoms in total. The van der Waals surface area contributed by atoms with Crippen LogP contribution in [0.5, 0.6) is 5.88 Å². The van der Waals surface area contributed by atoms with Crippen LogP contribution in [0.4, 0.5) is 8.78 Å². The number of hydrogen-bond donors (Lipinski definition) is 1. The molecular weight excluding hydrogens is 286 g/mol. The zero-order valence-corrected chi connectivity index (χ0v) is 12.1. The predicted octanol–water partition coefficient (Wildman–Crippen LogP) is 3.37. The standard InChI is InChI=1S/C17H18F2N2O/c18-17(19)8-9-20-11-15(17)14-6-7-16(21-10-14)22-12-13-4-2-1-3-5-13/h1-7,10,15,20H,8-9,11-12H2. The van der Waals surface area contributed by atoms with Gasteiger partial charge in [-0.05, 0) is 11.1 Å². The van der Waals surface area contributed by atoms with Crippen LogP contribution >= 0.6 is 0 Å². The van der Waals surface area contributed by atoms with Gasteiger partial charge in [0.2, 0.25) is 5.88 Å². The number of nitrogens with one attached hydrogen (secondary N) is 1. The van der Waals surface area contributed by atoms with Crippen molar-refractivity contribution >= 4 is 0 Å². The minimum absolute atomic E-state index is 0.135. The molecule has 1 N–H and O–H groups in total. The van der Waals surface area contributed by atoms with Crippen molar-refractivity contribution in [1.82, 2.24) is 10.3 Å². The lowest BCUT2D eigenvalue weighted by Gasteiger charge is -2.32. The van der Waals surface area contributed by atoms with Crippen molar-refractivity contribution in [2.75, 3.05) is 13.1 Å². The van der Waals surface area contributed by atoms with Gasteiger partial charge < -0.3 is 10.1 Å². The Hall–Kier alpha value is -2.01. The van der Waals surface area contributed by atoms with Crippen LogP contribution in [0, 0.1) is 0 Å². The Bertz CT molecular complexity index is 602. The first-order valence-electron chi connectivity index (χ1n) is 7.36. The molecule has 1 atom stereocenters. The zero-order chi connectivity index (χ0) is 15.4. The van der Waals surface area contributed by atoms with E-state index in [2.05, 4.69) is 10.3 Å². The van der Waals surface area contributed by atoms with Crippen LogP contribution in [0.15, 0.2) is 48.7 Å². The number of nitrogens with zero attached hydrogens (tertiary/aromatic N) is 1. The molecule has 0 bridgehead atoms. The molecule has 1 fully saturated rings. The second-order valence-electron chi connectivity index (χ2n) is 5.47. The predicted molar refractivity (Wildman–Crippen MR) is 80.2 cm³/mol. The molecule has 22 heavy (non-hydrogen) atoms. The maximum Gasteiger partial charge on any atom is 0.257 e. The summed E-state index contributed by atoms with van der Waals surface area (Å²) in [7, 11) is 0. The van der Waals surface area contributed by atoms with Gasteiger partial charge in [0, 0.05) is 31.8 Å². The van der Waals surface area contributed by atoms with Crippen LogP contribution in [0.2, 0.25) is 0 Å². The molecule has 1 aliphatic heterocycles. The molecule has 0 saturated carbocycles. The minimum atomic E-state index is -2.68. The molecule has 1 saturated heterocycles. The van der Waals surface area contributed by atoms with E-state index in [-0.39, 0.29) is 13.0 Å². The van der Waals surface area contributed by atoms with Crippen molar-refractivity contribution in [3.63, 3.8) is 0 Å². The topological polar surface area (TPSA) is 34.1 Å². The van der Waals surface area contributed by atoms with E-state index in [1.54, 1.807) is 12.1 Å². The lowest BCUT2D eigenvalue weighted by atomic mass is 9.89. The van der Waals surface area contributed by atoms with Gasteiger partial charge in [-0.3, -0.25) is 0 Å². The monoisotopic (exact) mass is 304 g/mol. The first-order chi connectivity index (χ1) is 10.6. The molecule has 2 heterocycles. The Balaban J connectivity index is 1.65. The fourth-order valence-electron chi connectivity index (χ4n) is 2.60. The van der Waals surface area contributed by atoms with Crippen LogP contribution in [0.3, 0.4) is 0 Å². The fraction of sp³-hybridized carbons (Fsp3) is 0.353. The highest BCUT2D eigenvalue weighted by Crippen LogP contribution is 2.37. The van der Waals surface area contributed by atoms with Crippen LogP contribution in [0.25, 0.3) is 0 Å². The summed E-state index contributed by atoms with van der Waals surface area (Å²) >= 11 is 0. The molecule has 0 spiro atoms. The molecule has 1 aromatic carbocycles. The minimum Gasteiger partial charge on any atom is -0.473 e.